The van der Waals surface area contributed by atoms with E-state index in [4.69, 9.17) is 10.5 Å². The van der Waals surface area contributed by atoms with Crippen molar-refractivity contribution in [3.63, 3.8) is 0 Å². The number of thiazole rings is 1. The zero-order chi connectivity index (χ0) is 10.6. The van der Waals surface area contributed by atoms with E-state index < -0.39 is 12.0 Å². The fraction of sp³-hybridized carbons (Fsp3) is 0.286. The molecule has 0 aromatic carbocycles. The third kappa shape index (κ3) is 2.43. The topological polar surface area (TPSA) is 94.3 Å². The molecule has 0 aliphatic rings. The van der Waals surface area contributed by atoms with Gasteiger partial charge in [0.1, 0.15) is 5.00 Å². The highest BCUT2D eigenvalue weighted by Gasteiger charge is 2.16. The summed E-state index contributed by atoms with van der Waals surface area (Å²) >= 11 is 1.11. The number of nitrogens with one attached hydrogen (secondary N) is 1. The molecule has 0 bridgehead atoms. The zero-order valence-electron chi connectivity index (χ0n) is 7.44. The largest absolute Gasteiger partial charge is 0.461 e. The van der Waals surface area contributed by atoms with Crippen LogP contribution in [0.3, 0.4) is 0 Å². The van der Waals surface area contributed by atoms with Crippen LogP contribution in [0.2, 0.25) is 0 Å². The molecule has 0 atom stereocenters. The number of nitrogens with two attached hydrogens (primary N) is 1. The Morgan fingerprint density at radius 2 is 2.43 bits per heavy atom. The van der Waals surface area contributed by atoms with Crippen molar-refractivity contribution in [2.75, 3.05) is 11.9 Å². The number of urea groups is 1. The van der Waals surface area contributed by atoms with Gasteiger partial charge in [-0.3, -0.25) is 5.32 Å². The first-order valence-corrected chi connectivity index (χ1v) is 4.70. The molecule has 0 unspecified atom stereocenters. The number of hydrogen-bond acceptors (Lipinski definition) is 5. The number of nitrogens with zero attached hydrogens (tertiary/aromatic N) is 1. The standard InChI is InChI=1S/C7H9N3O3S/c1-2-13-6(11)4-5(10-7(8)12)14-3-9-4/h3H,2H2,1H3,(H3,8,10,12). The Morgan fingerprint density at radius 3 is 3.00 bits per heavy atom. The summed E-state index contributed by atoms with van der Waals surface area (Å²) in [5.74, 6) is -0.572. The number of anilines is 1. The number of ether oxygens (including phenoxy) is 1. The van der Waals surface area contributed by atoms with E-state index in [0.717, 1.165) is 11.3 Å². The number of carbonyl (C=O) groups excluding carboxylic acids is 2. The minimum atomic E-state index is -0.736. The van der Waals surface area contributed by atoms with Crippen molar-refractivity contribution in [3.8, 4) is 0 Å². The van der Waals surface area contributed by atoms with E-state index >= 15 is 0 Å². The molecule has 14 heavy (non-hydrogen) atoms. The Morgan fingerprint density at radius 1 is 1.71 bits per heavy atom. The summed E-state index contributed by atoms with van der Waals surface area (Å²) in [5.41, 5.74) is 6.41. The first-order valence-electron chi connectivity index (χ1n) is 3.82. The van der Waals surface area contributed by atoms with Crippen molar-refractivity contribution < 1.29 is 14.3 Å². The van der Waals surface area contributed by atoms with Crippen LogP contribution in [0.4, 0.5) is 9.80 Å². The summed E-state index contributed by atoms with van der Waals surface area (Å²) in [6, 6.07) is -0.736. The SMILES string of the molecule is CCOC(=O)c1ncsc1NC(N)=O. The Kier molecular flexibility index (Phi) is 3.41. The van der Waals surface area contributed by atoms with E-state index in [1.54, 1.807) is 6.92 Å². The van der Waals surface area contributed by atoms with Crippen LogP contribution in [0.15, 0.2) is 5.51 Å². The third-order valence-corrected chi connectivity index (χ3v) is 2.01. The van der Waals surface area contributed by atoms with Crippen LogP contribution < -0.4 is 11.1 Å². The smallest absolute Gasteiger partial charge is 0.360 e. The van der Waals surface area contributed by atoms with Crippen LogP contribution in [0.1, 0.15) is 17.4 Å². The number of esters is 1. The van der Waals surface area contributed by atoms with E-state index in [1.807, 2.05) is 0 Å². The summed E-state index contributed by atoms with van der Waals surface area (Å²) < 4.78 is 4.72. The lowest BCUT2D eigenvalue weighted by molar-refractivity contribution is 0.0521. The van der Waals surface area contributed by atoms with Crippen molar-refractivity contribution in [2.24, 2.45) is 5.73 Å². The lowest BCUT2D eigenvalue weighted by Crippen LogP contribution is -2.20. The van der Waals surface area contributed by atoms with Crippen LogP contribution in [-0.2, 0) is 4.74 Å². The van der Waals surface area contributed by atoms with Crippen LogP contribution >= 0.6 is 11.3 Å². The highest BCUT2D eigenvalue weighted by Crippen LogP contribution is 2.20. The molecule has 0 spiro atoms. The van der Waals surface area contributed by atoms with Gasteiger partial charge in [-0.15, -0.1) is 11.3 Å². The Bertz CT molecular complexity index is 350. The van der Waals surface area contributed by atoms with Gasteiger partial charge in [-0.05, 0) is 6.92 Å². The number of primary amides is 1. The molecule has 0 fully saturated rings. The molecule has 0 saturated carbocycles. The maximum Gasteiger partial charge on any atom is 0.360 e. The molecule has 6 nitrogen and oxygen atoms in total. The molecular formula is C7H9N3O3S. The lowest BCUT2D eigenvalue weighted by atomic mass is 10.4. The molecule has 0 radical (unpaired) electrons. The Labute approximate surface area is 84.1 Å². The maximum atomic E-state index is 11.2. The van der Waals surface area contributed by atoms with Gasteiger partial charge in [0.2, 0.25) is 0 Å². The molecule has 7 heteroatoms. The number of rotatable bonds is 3. The normalized spacial score (nSPS) is 9.50. The predicted octanol–water partition coefficient (Wildman–Crippen LogP) is 0.810. The molecule has 0 aliphatic heterocycles. The van der Waals surface area contributed by atoms with Crippen LogP contribution in [0.5, 0.6) is 0 Å². The van der Waals surface area contributed by atoms with Gasteiger partial charge in [0.15, 0.2) is 5.69 Å². The molecule has 3 N–H and O–H groups in total. The summed E-state index contributed by atoms with van der Waals surface area (Å²) in [6.07, 6.45) is 0. The Balaban J connectivity index is 2.81. The van der Waals surface area contributed by atoms with Gasteiger partial charge in [-0.2, -0.15) is 0 Å². The fourth-order valence-corrected chi connectivity index (χ4v) is 1.46. The average Bonchev–Trinajstić information content (AvgIpc) is 2.51. The quantitative estimate of drug-likeness (QED) is 0.729. The second kappa shape index (κ2) is 4.56. The summed E-state index contributed by atoms with van der Waals surface area (Å²) in [7, 11) is 0. The minimum Gasteiger partial charge on any atom is -0.461 e. The van der Waals surface area contributed by atoms with Crippen LogP contribution in [0.25, 0.3) is 0 Å². The fourth-order valence-electron chi connectivity index (χ4n) is 0.792. The molecule has 0 aliphatic carbocycles. The molecule has 1 aromatic heterocycles. The number of hydrogen-bond donors (Lipinski definition) is 2. The molecule has 1 aromatic rings. The molecule has 76 valence electrons. The molecule has 1 heterocycles. The van der Waals surface area contributed by atoms with Gasteiger partial charge in [0.25, 0.3) is 0 Å². The van der Waals surface area contributed by atoms with Crippen LogP contribution in [-0.4, -0.2) is 23.6 Å². The van der Waals surface area contributed by atoms with E-state index in [1.165, 1.54) is 5.51 Å². The zero-order valence-corrected chi connectivity index (χ0v) is 8.26. The van der Waals surface area contributed by atoms with Gasteiger partial charge in [0, 0.05) is 0 Å². The summed E-state index contributed by atoms with van der Waals surface area (Å²) in [5, 5.41) is 2.59. The first-order chi connectivity index (χ1) is 6.65. The van der Waals surface area contributed by atoms with Gasteiger partial charge < -0.3 is 10.5 Å². The highest BCUT2D eigenvalue weighted by molar-refractivity contribution is 7.14. The van der Waals surface area contributed by atoms with E-state index in [-0.39, 0.29) is 12.3 Å². The van der Waals surface area contributed by atoms with E-state index in [9.17, 15) is 9.59 Å². The van der Waals surface area contributed by atoms with Gasteiger partial charge in [0.05, 0.1) is 12.1 Å². The number of carbonyl (C=O) groups is 2. The van der Waals surface area contributed by atoms with Crippen molar-refractivity contribution >= 4 is 28.3 Å². The molecule has 2 amide bonds. The lowest BCUT2D eigenvalue weighted by Gasteiger charge is -2.01. The van der Waals surface area contributed by atoms with Gasteiger partial charge >= 0.3 is 12.0 Å². The summed E-state index contributed by atoms with van der Waals surface area (Å²) in [4.78, 5) is 25.5. The molecular weight excluding hydrogens is 206 g/mol. The van der Waals surface area contributed by atoms with Gasteiger partial charge in [-0.1, -0.05) is 0 Å². The van der Waals surface area contributed by atoms with E-state index in [0.29, 0.717) is 5.00 Å². The van der Waals surface area contributed by atoms with Crippen molar-refractivity contribution in [3.05, 3.63) is 11.2 Å². The van der Waals surface area contributed by atoms with Crippen molar-refractivity contribution in [1.29, 1.82) is 0 Å². The molecule has 0 saturated heterocycles. The average molecular weight is 215 g/mol. The monoisotopic (exact) mass is 215 g/mol. The Hall–Kier alpha value is -1.63. The van der Waals surface area contributed by atoms with Gasteiger partial charge in [-0.25, -0.2) is 14.6 Å². The number of amides is 2. The minimum absolute atomic E-state index is 0.0793. The molecule has 1 rings (SSSR count). The predicted molar refractivity (Wildman–Crippen MR) is 51.3 cm³/mol. The third-order valence-electron chi connectivity index (χ3n) is 1.27. The second-order valence-electron chi connectivity index (χ2n) is 2.24. The van der Waals surface area contributed by atoms with Crippen LogP contribution in [0, 0.1) is 0 Å². The number of aromatic nitrogens is 1. The first kappa shape index (κ1) is 10.5. The van der Waals surface area contributed by atoms with E-state index in [2.05, 4.69) is 10.3 Å². The van der Waals surface area contributed by atoms with Crippen molar-refractivity contribution in [1.82, 2.24) is 4.98 Å². The second-order valence-corrected chi connectivity index (χ2v) is 3.09. The highest BCUT2D eigenvalue weighted by atomic mass is 32.1. The maximum absolute atomic E-state index is 11.2. The van der Waals surface area contributed by atoms with Crippen molar-refractivity contribution in [2.45, 2.75) is 6.92 Å². The summed E-state index contributed by atoms with van der Waals surface area (Å²) in [6.45, 7) is 1.94.